The Hall–Kier alpha value is -6.43. The number of pyridine rings is 6. The van der Waals surface area contributed by atoms with E-state index in [-0.39, 0.29) is 137 Å². The molecule has 22 heteroatoms. The molecule has 6 aromatic heterocycles. The Morgan fingerprint density at radius 2 is 0.712 bits per heavy atom. The third-order valence-corrected chi connectivity index (χ3v) is 16.2. The molecule has 0 unspecified atom stereocenters. The van der Waals surface area contributed by atoms with Crippen LogP contribution in [0, 0.1) is 36.4 Å². The number of carbonyl (C=O) groups is 1. The minimum absolute atomic E-state index is 0. The number of phenolic OH excluding ortho intramolecular Hbond substituents is 1. The number of aromatic nitrogens is 6. The van der Waals surface area contributed by atoms with Gasteiger partial charge in [0.2, 0.25) is 0 Å². The normalized spacial score (nSPS) is 10.2. The molecule has 0 aliphatic rings. The van der Waals surface area contributed by atoms with Crippen LogP contribution in [-0.4, -0.2) is 99.8 Å². The molecule has 0 aliphatic carbocycles. The molecule has 12 rings (SSSR count). The van der Waals surface area contributed by atoms with Crippen LogP contribution in [0.2, 0.25) is 0 Å². The van der Waals surface area contributed by atoms with Gasteiger partial charge >= 0.3 is 5.97 Å². The average molecular weight is 2490 g/mol. The van der Waals surface area contributed by atoms with Crippen molar-refractivity contribution in [1.82, 2.24) is 38.9 Å². The molecule has 0 aliphatic heterocycles. The zero-order chi connectivity index (χ0) is 70.0. The van der Waals surface area contributed by atoms with Gasteiger partial charge in [-0.1, -0.05) is 142 Å². The number of phenols is 1. The predicted molar refractivity (Wildman–Crippen MR) is 397 cm³/mol. The summed E-state index contributed by atoms with van der Waals surface area (Å²) in [4.78, 5) is 36.9. The van der Waals surface area contributed by atoms with Crippen molar-refractivity contribution >= 4 is 40.1 Å². The Morgan fingerprint density at radius 3 is 1.04 bits per heavy atom. The fraction of sp³-hybridized carbons (Fsp3) is 0.183. The first-order valence-corrected chi connectivity index (χ1v) is 34.1. The maximum Gasteiger partial charge on any atom is 0.316 e. The van der Waals surface area contributed by atoms with E-state index in [2.05, 4.69) is 163 Å². The number of aromatic carboxylic acids is 1. The third kappa shape index (κ3) is 32.3. The van der Waals surface area contributed by atoms with Gasteiger partial charge in [0, 0.05) is 168 Å². The molecular weight excluding hydrogens is 2410 g/mol. The average Bonchev–Trinajstić information content (AvgIpc) is 0.803. The molecule has 104 heavy (non-hydrogen) atoms. The van der Waals surface area contributed by atoms with Crippen LogP contribution in [0.5, 0.6) is 5.75 Å². The third-order valence-electron chi connectivity index (χ3n) is 15.0. The molecular formula is C82H82Ir6N8O6S2-4. The maximum atomic E-state index is 10.9. The van der Waals surface area contributed by atoms with Gasteiger partial charge in [-0.05, 0) is 95.4 Å². The number of quaternary nitrogens is 2. The smallest absolute Gasteiger partial charge is 0.316 e. The van der Waals surface area contributed by atoms with Gasteiger partial charge in [0.1, 0.15) is 0 Å². The van der Waals surface area contributed by atoms with Crippen molar-refractivity contribution in [2.24, 2.45) is 0 Å². The summed E-state index contributed by atoms with van der Waals surface area (Å²) >= 11 is 4.26. The Bertz CT molecular complexity index is 4350. The largest absolute Gasteiger partial charge is 0.527 e. The summed E-state index contributed by atoms with van der Waals surface area (Å²) in [6.45, 7) is 10.6. The van der Waals surface area contributed by atoms with E-state index in [0.29, 0.717) is 16.8 Å². The topological polar surface area (TPSA) is 189 Å². The summed E-state index contributed by atoms with van der Waals surface area (Å²) in [5.74, 6) is -0.708. The molecule has 3 N–H and O–H groups in total. The number of rotatable bonds is 19. The van der Waals surface area contributed by atoms with Crippen LogP contribution in [0.4, 0.5) is 11.4 Å². The van der Waals surface area contributed by atoms with Gasteiger partial charge < -0.3 is 49.1 Å². The summed E-state index contributed by atoms with van der Waals surface area (Å²) in [5.41, 5.74) is 13.2. The number of hydrogen-bond acceptors (Lipinski definition) is 11. The molecule has 0 bridgehead atoms. The molecule has 0 amide bonds. The second-order valence-electron chi connectivity index (χ2n) is 23.2. The molecule has 14 nitrogen and oxygen atoms in total. The molecule has 0 spiro atoms. The molecule has 0 saturated carbocycles. The van der Waals surface area contributed by atoms with E-state index in [1.165, 1.54) is 93.8 Å². The van der Waals surface area contributed by atoms with E-state index >= 15 is 0 Å². The van der Waals surface area contributed by atoms with E-state index < -0.39 is 16.1 Å². The molecule has 12 aromatic rings. The first-order valence-electron chi connectivity index (χ1n) is 32.3. The Balaban J connectivity index is 0.000000626. The molecule has 6 aromatic carbocycles. The first kappa shape index (κ1) is 95.6. The Morgan fingerprint density at radius 1 is 0.404 bits per heavy atom. The fourth-order valence-corrected chi connectivity index (χ4v) is 10.6. The van der Waals surface area contributed by atoms with E-state index in [0.717, 1.165) is 64.6 Å². The van der Waals surface area contributed by atoms with Crippen molar-refractivity contribution in [1.29, 1.82) is 0 Å². The number of benzene rings is 6. The van der Waals surface area contributed by atoms with Gasteiger partial charge in [-0.15, -0.1) is 155 Å². The van der Waals surface area contributed by atoms with Crippen LogP contribution in [0.15, 0.2) is 265 Å². The van der Waals surface area contributed by atoms with E-state index in [1.807, 2.05) is 116 Å². The molecule has 0 fully saturated rings. The number of carboxylic acid groups (broad SMARTS) is 1. The second kappa shape index (κ2) is 51.0. The quantitative estimate of drug-likeness (QED) is 0.0260. The summed E-state index contributed by atoms with van der Waals surface area (Å²) in [6.07, 6.45) is 18.0. The summed E-state index contributed by atoms with van der Waals surface area (Å²) in [6, 6.07) is 85.0. The van der Waals surface area contributed by atoms with Crippen LogP contribution in [-0.2, 0) is 131 Å². The monoisotopic (exact) mass is 2500 g/mol. The first-order chi connectivity index (χ1) is 47.4. The second-order valence-corrected chi connectivity index (χ2v) is 25.2. The van der Waals surface area contributed by atoms with E-state index in [4.69, 9.17) is 9.66 Å². The van der Waals surface area contributed by atoms with Crippen LogP contribution >= 0.6 is 12.6 Å². The molecule has 0 saturated heterocycles. The van der Waals surface area contributed by atoms with Crippen LogP contribution in [0.3, 0.4) is 0 Å². The number of carboxylic acids is 1. The van der Waals surface area contributed by atoms with E-state index in [9.17, 15) is 18.3 Å². The fourth-order valence-electron chi connectivity index (χ4n) is 9.86. The summed E-state index contributed by atoms with van der Waals surface area (Å²) in [7, 11) is 2.27. The predicted octanol–water partition coefficient (Wildman–Crippen LogP) is 18.1. The number of nitrogens with zero attached hydrogens (tertiary/aromatic N) is 8. The van der Waals surface area contributed by atoms with Crippen LogP contribution in [0.1, 0.15) is 69.7 Å². The summed E-state index contributed by atoms with van der Waals surface area (Å²) in [5, 5.41) is 18.0. The maximum absolute atomic E-state index is 10.9. The van der Waals surface area contributed by atoms with Crippen LogP contribution in [0.25, 0.3) is 67.5 Å². The Labute approximate surface area is 701 Å². The SMILES string of the molecule is CCCC[N+](CCCC)(CCCC)c1cc[c-]c(-c2ccccn2)c1.C[N+](C)(C)c1cc[c-]c(-c2ccccn2)c1.O=C(O)c1cc[c-]c(-c2ccccn2)c1.O=S(=O)(O)c1cc[c-]c(-c2ccccn2)c1.Oc1cc[c-]c(-c2ccccn2)c1.Sc1cc[c-]c(-c2ccccn2)c1.[Ir].[Ir].[Ir].[Ir].[Ir].[Ir]. The van der Waals surface area contributed by atoms with Gasteiger partial charge in [0.25, 0.3) is 10.1 Å². The zero-order valence-corrected chi connectivity index (χ0v) is 74.2. The number of unbranched alkanes of at least 4 members (excludes halogenated alkanes) is 3. The summed E-state index contributed by atoms with van der Waals surface area (Å²) < 4.78 is 32.7. The van der Waals surface area contributed by atoms with Crippen molar-refractivity contribution in [2.45, 2.75) is 69.1 Å². The number of hydrogen-bond donors (Lipinski definition) is 4. The van der Waals surface area contributed by atoms with Crippen molar-refractivity contribution in [3.63, 3.8) is 0 Å². The van der Waals surface area contributed by atoms with Gasteiger partial charge in [-0.25, -0.2) is 4.79 Å². The standard InChI is InChI=1S/C23H34N2.C14H16N2.C12H8NO2.C11H8NO3S.C11H8NO.C11H8NS.6Ir/c1-4-7-17-25(18-8-5-2,19-9-6-3)22-14-12-13-21(20-22)23-15-10-11-16-24-23;1-16(2,3)13-8-6-7-12(11-13)14-9-4-5-10-15-14;14-12(15)10-5-3-4-9(8-10)11-6-1-2-7-13-11;13-16(14,15)10-5-3-4-9(8-10)11-6-1-2-7-12-11;2*13-10-5-3-4-9(8-10)11-6-1-2-7-12-11;;;;;;/h10-12,14-16,20H,4-9,17-19H2,1-3H3;4-6,8-11H,1-3H3;1-3,5-8H,(H,14,15);1-3,5-8H,(H,13,14,15);2*1-3,5-8,13H;;;;;;/q;;4*-1;;;;;;. The van der Waals surface area contributed by atoms with Gasteiger partial charge in [-0.2, -0.15) is 21.0 Å². The molecule has 6 radical (unpaired) electrons. The Kier molecular flexibility index (Phi) is 46.8. The van der Waals surface area contributed by atoms with Gasteiger partial charge in [0.15, 0.2) is 0 Å². The van der Waals surface area contributed by atoms with Crippen molar-refractivity contribution in [3.8, 4) is 73.3 Å². The van der Waals surface area contributed by atoms with Gasteiger partial charge in [-0.3, -0.25) is 4.55 Å². The minimum Gasteiger partial charge on any atom is -0.527 e. The van der Waals surface area contributed by atoms with Crippen molar-refractivity contribution in [2.75, 3.05) is 40.8 Å². The van der Waals surface area contributed by atoms with Crippen molar-refractivity contribution in [3.05, 3.63) is 298 Å². The minimum atomic E-state index is -4.18. The van der Waals surface area contributed by atoms with Crippen molar-refractivity contribution < 1.29 is 149 Å². The molecule has 0 atom stereocenters. The zero-order valence-electron chi connectivity index (χ0n) is 58.1. The van der Waals surface area contributed by atoms with Gasteiger partial charge in [0.05, 0.1) is 52.2 Å². The number of thiol groups is 1. The number of aromatic hydroxyl groups is 1. The van der Waals surface area contributed by atoms with Crippen LogP contribution < -0.4 is 8.97 Å². The van der Waals surface area contributed by atoms with E-state index in [1.54, 1.807) is 73.3 Å². The molecule has 6 heterocycles. The molecule has 556 valence electrons.